The highest BCUT2D eigenvalue weighted by Gasteiger charge is 2.40. The molecule has 2 unspecified atom stereocenters. The van der Waals surface area contributed by atoms with Crippen molar-refractivity contribution in [3.63, 3.8) is 0 Å². The summed E-state index contributed by atoms with van der Waals surface area (Å²) in [6.07, 6.45) is 2.19. The maximum absolute atomic E-state index is 12.6. The van der Waals surface area contributed by atoms with Crippen LogP contribution in [0, 0.1) is 17.3 Å². The zero-order valence-corrected chi connectivity index (χ0v) is 13.8. The number of amides is 1. The van der Waals surface area contributed by atoms with Crippen LogP contribution in [0.25, 0.3) is 0 Å². The van der Waals surface area contributed by atoms with E-state index in [9.17, 15) is 4.79 Å². The molecule has 0 bridgehead atoms. The SMILES string of the molecule is CC(C)CC1NC(CC(C)C)N(CC(C)(C)C)C1=O. The van der Waals surface area contributed by atoms with E-state index < -0.39 is 0 Å². The van der Waals surface area contributed by atoms with Crippen molar-refractivity contribution >= 4 is 5.91 Å². The summed E-state index contributed by atoms with van der Waals surface area (Å²) in [6, 6.07) is 0.0195. The summed E-state index contributed by atoms with van der Waals surface area (Å²) in [5, 5.41) is 3.55. The van der Waals surface area contributed by atoms with Gasteiger partial charge in [0.05, 0.1) is 12.2 Å². The Kier molecular flexibility index (Phi) is 5.43. The standard InChI is InChI=1S/C16H32N2O/c1-11(2)8-13-15(19)18(10-16(5,6)7)14(17-13)9-12(3)4/h11-14,17H,8-10H2,1-7H3. The Morgan fingerprint density at radius 2 is 1.63 bits per heavy atom. The van der Waals surface area contributed by atoms with Crippen molar-refractivity contribution in [2.45, 2.75) is 73.5 Å². The second-order valence-electron chi connectivity index (χ2n) is 8.02. The summed E-state index contributed by atoms with van der Waals surface area (Å²) in [5.74, 6) is 1.45. The van der Waals surface area contributed by atoms with Crippen molar-refractivity contribution in [1.82, 2.24) is 10.2 Å². The Morgan fingerprint density at radius 1 is 1.11 bits per heavy atom. The third kappa shape index (κ3) is 5.13. The topological polar surface area (TPSA) is 32.3 Å². The molecule has 1 amide bonds. The van der Waals surface area contributed by atoms with E-state index in [-0.39, 0.29) is 17.6 Å². The maximum atomic E-state index is 12.6. The molecule has 1 aliphatic rings. The van der Waals surface area contributed by atoms with E-state index in [0.717, 1.165) is 19.4 Å². The van der Waals surface area contributed by atoms with Crippen LogP contribution in [0.3, 0.4) is 0 Å². The molecule has 0 saturated carbocycles. The van der Waals surface area contributed by atoms with Crippen molar-refractivity contribution in [3.8, 4) is 0 Å². The lowest BCUT2D eigenvalue weighted by atomic mass is 9.95. The molecule has 1 aliphatic heterocycles. The van der Waals surface area contributed by atoms with Crippen LogP contribution in [0.15, 0.2) is 0 Å². The van der Waals surface area contributed by atoms with Gasteiger partial charge in [-0.1, -0.05) is 48.5 Å². The third-order valence-corrected chi connectivity index (χ3v) is 3.40. The Labute approximate surface area is 119 Å². The first-order valence-corrected chi connectivity index (χ1v) is 7.66. The van der Waals surface area contributed by atoms with Gasteiger partial charge in [0.2, 0.25) is 5.91 Å². The average molecular weight is 268 g/mol. The molecule has 1 heterocycles. The first-order valence-electron chi connectivity index (χ1n) is 7.66. The van der Waals surface area contributed by atoms with E-state index in [1.165, 1.54) is 0 Å². The highest BCUT2D eigenvalue weighted by atomic mass is 16.2. The summed E-state index contributed by atoms with van der Waals surface area (Å²) >= 11 is 0. The second-order valence-corrected chi connectivity index (χ2v) is 8.02. The van der Waals surface area contributed by atoms with Crippen LogP contribution in [0.1, 0.15) is 61.3 Å². The fourth-order valence-corrected chi connectivity index (χ4v) is 2.73. The molecular weight excluding hydrogens is 236 g/mol. The van der Waals surface area contributed by atoms with Crippen molar-refractivity contribution in [2.75, 3.05) is 6.54 Å². The van der Waals surface area contributed by atoms with Gasteiger partial charge in [-0.15, -0.1) is 0 Å². The number of nitrogens with one attached hydrogen (secondary N) is 1. The van der Waals surface area contributed by atoms with Crippen LogP contribution in [0.2, 0.25) is 0 Å². The molecule has 2 atom stereocenters. The molecular formula is C16H32N2O. The molecule has 0 aromatic carbocycles. The van der Waals surface area contributed by atoms with Crippen molar-refractivity contribution in [3.05, 3.63) is 0 Å². The van der Waals surface area contributed by atoms with E-state index in [1.54, 1.807) is 0 Å². The zero-order valence-electron chi connectivity index (χ0n) is 13.8. The molecule has 1 fully saturated rings. The summed E-state index contributed by atoms with van der Waals surface area (Å²) in [6.45, 7) is 16.2. The molecule has 112 valence electrons. The average Bonchev–Trinajstić information content (AvgIpc) is 2.43. The molecule has 0 radical (unpaired) electrons. The minimum Gasteiger partial charge on any atom is -0.325 e. The highest BCUT2D eigenvalue weighted by molar-refractivity contribution is 5.84. The predicted molar refractivity (Wildman–Crippen MR) is 80.8 cm³/mol. The number of hydrogen-bond acceptors (Lipinski definition) is 2. The fraction of sp³-hybridized carbons (Fsp3) is 0.938. The van der Waals surface area contributed by atoms with Gasteiger partial charge in [-0.25, -0.2) is 0 Å². The van der Waals surface area contributed by atoms with Crippen LogP contribution < -0.4 is 5.32 Å². The third-order valence-electron chi connectivity index (χ3n) is 3.40. The summed E-state index contributed by atoms with van der Waals surface area (Å²) in [4.78, 5) is 14.7. The molecule has 0 aromatic heterocycles. The van der Waals surface area contributed by atoms with Gasteiger partial charge >= 0.3 is 0 Å². The van der Waals surface area contributed by atoms with Crippen LogP contribution >= 0.6 is 0 Å². The molecule has 0 aliphatic carbocycles. The molecule has 3 nitrogen and oxygen atoms in total. The lowest BCUT2D eigenvalue weighted by molar-refractivity contribution is -0.131. The van der Waals surface area contributed by atoms with Gasteiger partial charge in [-0.05, 0) is 30.1 Å². The van der Waals surface area contributed by atoms with Gasteiger partial charge < -0.3 is 4.90 Å². The minimum atomic E-state index is 0.0195. The van der Waals surface area contributed by atoms with Gasteiger partial charge in [0, 0.05) is 6.54 Å². The van der Waals surface area contributed by atoms with E-state index in [0.29, 0.717) is 17.7 Å². The molecule has 1 N–H and O–H groups in total. The molecule has 0 spiro atoms. The number of hydrogen-bond donors (Lipinski definition) is 1. The number of nitrogens with zero attached hydrogens (tertiary/aromatic N) is 1. The van der Waals surface area contributed by atoms with Crippen LogP contribution in [0.4, 0.5) is 0 Å². The van der Waals surface area contributed by atoms with Gasteiger partial charge in [0.25, 0.3) is 0 Å². The Balaban J connectivity index is 2.79. The van der Waals surface area contributed by atoms with E-state index in [4.69, 9.17) is 0 Å². The summed E-state index contributed by atoms with van der Waals surface area (Å²) in [5.41, 5.74) is 0.152. The van der Waals surface area contributed by atoms with Crippen LogP contribution in [-0.4, -0.2) is 29.6 Å². The number of carbonyl (C=O) groups excluding carboxylic acids is 1. The first kappa shape index (κ1) is 16.5. The van der Waals surface area contributed by atoms with E-state index in [2.05, 4.69) is 58.7 Å². The number of carbonyl (C=O) groups is 1. The highest BCUT2D eigenvalue weighted by Crippen LogP contribution is 2.25. The van der Waals surface area contributed by atoms with E-state index in [1.807, 2.05) is 0 Å². The van der Waals surface area contributed by atoms with Gasteiger partial charge in [-0.3, -0.25) is 10.1 Å². The maximum Gasteiger partial charge on any atom is 0.241 e. The largest absolute Gasteiger partial charge is 0.325 e. The van der Waals surface area contributed by atoms with Gasteiger partial charge in [0.15, 0.2) is 0 Å². The second kappa shape index (κ2) is 6.25. The van der Waals surface area contributed by atoms with E-state index >= 15 is 0 Å². The Hall–Kier alpha value is -0.570. The summed E-state index contributed by atoms with van der Waals surface area (Å²) < 4.78 is 0. The monoisotopic (exact) mass is 268 g/mol. The zero-order chi connectivity index (χ0) is 14.8. The molecule has 19 heavy (non-hydrogen) atoms. The van der Waals surface area contributed by atoms with Gasteiger partial charge in [0.1, 0.15) is 0 Å². The fourth-order valence-electron chi connectivity index (χ4n) is 2.73. The Bertz CT molecular complexity index is 304. The first-order chi connectivity index (χ1) is 8.60. The van der Waals surface area contributed by atoms with Crippen molar-refractivity contribution < 1.29 is 4.79 Å². The lowest BCUT2D eigenvalue weighted by Gasteiger charge is -2.31. The predicted octanol–water partition coefficient (Wildman–Crippen LogP) is 3.25. The smallest absolute Gasteiger partial charge is 0.241 e. The van der Waals surface area contributed by atoms with Gasteiger partial charge in [-0.2, -0.15) is 0 Å². The van der Waals surface area contributed by atoms with Crippen molar-refractivity contribution in [2.24, 2.45) is 17.3 Å². The molecule has 1 rings (SSSR count). The Morgan fingerprint density at radius 3 is 2.05 bits per heavy atom. The summed E-state index contributed by atoms with van der Waals surface area (Å²) in [7, 11) is 0. The van der Waals surface area contributed by atoms with Crippen LogP contribution in [0.5, 0.6) is 0 Å². The number of rotatable bonds is 5. The quantitative estimate of drug-likeness (QED) is 0.830. The molecule has 3 heteroatoms. The molecule has 1 saturated heterocycles. The van der Waals surface area contributed by atoms with Crippen LogP contribution in [-0.2, 0) is 4.79 Å². The lowest BCUT2D eigenvalue weighted by Crippen LogP contribution is -2.42. The van der Waals surface area contributed by atoms with Crippen molar-refractivity contribution in [1.29, 1.82) is 0 Å². The normalized spacial score (nSPS) is 24.9. The molecule has 0 aromatic rings. The minimum absolute atomic E-state index is 0.0195.